The zero-order valence-corrected chi connectivity index (χ0v) is 14.7. The summed E-state index contributed by atoms with van der Waals surface area (Å²) in [6.07, 6.45) is -3.26. The summed E-state index contributed by atoms with van der Waals surface area (Å²) < 4.78 is 36.6. The topological polar surface area (TPSA) is 61.4 Å². The standard InChI is InChI=1S/C18H24F3N3O2/c1-13(16(25)23-12-18(19,20)21)24-9-7-15(8-10-24)17(26)22-11-14-5-3-2-4-6-14/h2-6,13,15H,7-12H2,1H3,(H,22,26)(H,23,25). The maximum Gasteiger partial charge on any atom is 0.405 e. The van der Waals surface area contributed by atoms with Crippen LogP contribution in [0.5, 0.6) is 0 Å². The van der Waals surface area contributed by atoms with E-state index in [1.54, 1.807) is 6.92 Å². The molecule has 1 aromatic rings. The van der Waals surface area contributed by atoms with Crippen LogP contribution in [-0.2, 0) is 16.1 Å². The van der Waals surface area contributed by atoms with Crippen LogP contribution in [0.4, 0.5) is 13.2 Å². The molecule has 0 aliphatic carbocycles. The Hall–Kier alpha value is -2.09. The summed E-state index contributed by atoms with van der Waals surface area (Å²) in [7, 11) is 0. The van der Waals surface area contributed by atoms with Gasteiger partial charge >= 0.3 is 6.18 Å². The van der Waals surface area contributed by atoms with Gasteiger partial charge in [-0.3, -0.25) is 14.5 Å². The lowest BCUT2D eigenvalue weighted by atomic mass is 9.94. The van der Waals surface area contributed by atoms with Crippen molar-refractivity contribution in [3.05, 3.63) is 35.9 Å². The first-order chi connectivity index (χ1) is 12.3. The first-order valence-electron chi connectivity index (χ1n) is 8.66. The van der Waals surface area contributed by atoms with Crippen LogP contribution < -0.4 is 10.6 Å². The highest BCUT2D eigenvalue weighted by Crippen LogP contribution is 2.20. The van der Waals surface area contributed by atoms with Gasteiger partial charge in [0.1, 0.15) is 6.54 Å². The predicted octanol–water partition coefficient (Wildman–Crippen LogP) is 2.08. The van der Waals surface area contributed by atoms with E-state index in [0.717, 1.165) is 5.56 Å². The summed E-state index contributed by atoms with van der Waals surface area (Å²) in [6, 6.07) is 8.95. The quantitative estimate of drug-likeness (QED) is 0.805. The molecule has 1 unspecified atom stereocenters. The maximum absolute atomic E-state index is 12.3. The molecule has 1 fully saturated rings. The SMILES string of the molecule is CC(C(=O)NCC(F)(F)F)N1CCC(C(=O)NCc2ccccc2)CC1. The largest absolute Gasteiger partial charge is 0.405 e. The van der Waals surface area contributed by atoms with Crippen LogP contribution in [0.15, 0.2) is 30.3 Å². The minimum atomic E-state index is -4.42. The predicted molar refractivity (Wildman–Crippen MR) is 91.1 cm³/mol. The fourth-order valence-corrected chi connectivity index (χ4v) is 2.98. The fourth-order valence-electron chi connectivity index (χ4n) is 2.98. The molecular formula is C18H24F3N3O2. The van der Waals surface area contributed by atoms with E-state index in [-0.39, 0.29) is 11.8 Å². The van der Waals surface area contributed by atoms with E-state index in [1.807, 2.05) is 40.5 Å². The number of benzene rings is 1. The molecule has 144 valence electrons. The summed E-state index contributed by atoms with van der Waals surface area (Å²) >= 11 is 0. The minimum Gasteiger partial charge on any atom is -0.352 e. The average Bonchev–Trinajstić information content (AvgIpc) is 2.64. The van der Waals surface area contributed by atoms with E-state index in [1.165, 1.54) is 0 Å². The lowest BCUT2D eigenvalue weighted by Gasteiger charge is -2.34. The molecule has 0 aromatic heterocycles. The van der Waals surface area contributed by atoms with Crippen LogP contribution >= 0.6 is 0 Å². The van der Waals surface area contributed by atoms with Crippen LogP contribution in [0.25, 0.3) is 0 Å². The summed E-state index contributed by atoms with van der Waals surface area (Å²) in [4.78, 5) is 25.9. The average molecular weight is 371 g/mol. The third-order valence-corrected chi connectivity index (χ3v) is 4.60. The van der Waals surface area contributed by atoms with E-state index in [2.05, 4.69) is 5.32 Å². The Balaban J connectivity index is 1.73. The van der Waals surface area contributed by atoms with Gasteiger partial charge < -0.3 is 10.6 Å². The van der Waals surface area contributed by atoms with Gasteiger partial charge in [-0.2, -0.15) is 13.2 Å². The van der Waals surface area contributed by atoms with E-state index < -0.39 is 24.7 Å². The number of hydrogen-bond acceptors (Lipinski definition) is 3. The van der Waals surface area contributed by atoms with Crippen LogP contribution in [0.2, 0.25) is 0 Å². The van der Waals surface area contributed by atoms with Gasteiger partial charge in [0.25, 0.3) is 0 Å². The smallest absolute Gasteiger partial charge is 0.352 e. The van der Waals surface area contributed by atoms with Crippen LogP contribution in [0, 0.1) is 5.92 Å². The molecule has 0 saturated carbocycles. The highest BCUT2D eigenvalue weighted by atomic mass is 19.4. The number of carbonyl (C=O) groups excluding carboxylic acids is 2. The van der Waals surface area contributed by atoms with Crippen LogP contribution in [-0.4, -0.2) is 48.6 Å². The third-order valence-electron chi connectivity index (χ3n) is 4.60. The molecule has 26 heavy (non-hydrogen) atoms. The molecule has 1 atom stereocenters. The molecule has 1 aromatic carbocycles. The van der Waals surface area contributed by atoms with Gasteiger partial charge in [-0.15, -0.1) is 0 Å². The molecule has 1 saturated heterocycles. The normalized spacial score (nSPS) is 17.5. The third kappa shape index (κ3) is 6.33. The highest BCUT2D eigenvalue weighted by molar-refractivity contribution is 5.81. The maximum atomic E-state index is 12.3. The van der Waals surface area contributed by atoms with Crippen molar-refractivity contribution in [2.24, 2.45) is 5.92 Å². The van der Waals surface area contributed by atoms with Crippen LogP contribution in [0.3, 0.4) is 0 Å². The Morgan fingerprint density at radius 2 is 1.77 bits per heavy atom. The van der Waals surface area contributed by atoms with Crippen molar-refractivity contribution in [3.63, 3.8) is 0 Å². The van der Waals surface area contributed by atoms with Gasteiger partial charge in [-0.1, -0.05) is 30.3 Å². The van der Waals surface area contributed by atoms with Crippen molar-refractivity contribution in [1.82, 2.24) is 15.5 Å². The van der Waals surface area contributed by atoms with Crippen molar-refractivity contribution in [2.75, 3.05) is 19.6 Å². The van der Waals surface area contributed by atoms with Gasteiger partial charge in [-0.25, -0.2) is 0 Å². The Morgan fingerprint density at radius 1 is 1.15 bits per heavy atom. The lowest BCUT2D eigenvalue weighted by molar-refractivity contribution is -0.141. The Morgan fingerprint density at radius 3 is 2.35 bits per heavy atom. The van der Waals surface area contributed by atoms with E-state index >= 15 is 0 Å². The molecule has 2 N–H and O–H groups in total. The lowest BCUT2D eigenvalue weighted by Crippen LogP contribution is -2.51. The molecule has 1 aliphatic rings. The van der Waals surface area contributed by atoms with Crippen molar-refractivity contribution in [1.29, 1.82) is 0 Å². The van der Waals surface area contributed by atoms with E-state index in [9.17, 15) is 22.8 Å². The van der Waals surface area contributed by atoms with E-state index in [0.29, 0.717) is 32.5 Å². The number of nitrogens with zero attached hydrogens (tertiary/aromatic N) is 1. The minimum absolute atomic E-state index is 0.0253. The molecule has 0 radical (unpaired) electrons. The Kier molecular flexibility index (Phi) is 7.02. The number of alkyl halides is 3. The second-order valence-corrected chi connectivity index (χ2v) is 6.52. The zero-order valence-electron chi connectivity index (χ0n) is 14.7. The van der Waals surface area contributed by atoms with Crippen molar-refractivity contribution in [3.8, 4) is 0 Å². The molecule has 5 nitrogen and oxygen atoms in total. The number of piperidine rings is 1. The second-order valence-electron chi connectivity index (χ2n) is 6.52. The summed E-state index contributed by atoms with van der Waals surface area (Å²) in [5, 5.41) is 4.82. The van der Waals surface area contributed by atoms with Crippen molar-refractivity contribution >= 4 is 11.8 Å². The first kappa shape index (κ1) is 20.2. The van der Waals surface area contributed by atoms with Gasteiger partial charge in [0.05, 0.1) is 6.04 Å². The number of hydrogen-bond donors (Lipinski definition) is 2. The molecule has 0 spiro atoms. The number of rotatable bonds is 6. The number of amides is 2. The summed E-state index contributed by atoms with van der Waals surface area (Å²) in [5.74, 6) is -0.808. The Labute approximate surface area is 150 Å². The molecule has 1 aliphatic heterocycles. The number of nitrogens with one attached hydrogen (secondary N) is 2. The zero-order chi connectivity index (χ0) is 19.2. The summed E-state index contributed by atoms with van der Waals surface area (Å²) in [5.41, 5.74) is 1.02. The van der Waals surface area contributed by atoms with Crippen molar-refractivity contribution < 1.29 is 22.8 Å². The second kappa shape index (κ2) is 9.02. The Bertz CT molecular complexity index is 599. The van der Waals surface area contributed by atoms with Gasteiger partial charge in [-0.05, 0) is 38.4 Å². The number of halogens is 3. The molecule has 1 heterocycles. The number of likely N-dealkylation sites (tertiary alicyclic amines) is 1. The van der Waals surface area contributed by atoms with Gasteiger partial charge in [0.2, 0.25) is 11.8 Å². The molecule has 2 rings (SSSR count). The molecular weight excluding hydrogens is 347 g/mol. The number of carbonyl (C=O) groups is 2. The fraction of sp³-hybridized carbons (Fsp3) is 0.556. The molecule has 0 bridgehead atoms. The van der Waals surface area contributed by atoms with Crippen molar-refractivity contribution in [2.45, 2.75) is 38.5 Å². The molecule has 8 heteroatoms. The van der Waals surface area contributed by atoms with Gasteiger partial charge in [0.15, 0.2) is 0 Å². The van der Waals surface area contributed by atoms with Gasteiger partial charge in [0, 0.05) is 12.5 Å². The molecule has 2 amide bonds. The van der Waals surface area contributed by atoms with Crippen LogP contribution in [0.1, 0.15) is 25.3 Å². The van der Waals surface area contributed by atoms with E-state index in [4.69, 9.17) is 0 Å². The first-order valence-corrected chi connectivity index (χ1v) is 8.66. The summed E-state index contributed by atoms with van der Waals surface area (Å²) in [6.45, 7) is 1.74. The monoisotopic (exact) mass is 371 g/mol. The highest BCUT2D eigenvalue weighted by Gasteiger charge is 2.32.